The third kappa shape index (κ3) is 4.15. The number of hydrogen-bond acceptors (Lipinski definition) is 5. The van der Waals surface area contributed by atoms with Gasteiger partial charge in [0.15, 0.2) is 0 Å². The van der Waals surface area contributed by atoms with Crippen LogP contribution in [-0.2, 0) is 6.54 Å². The Balaban J connectivity index is 2.04. The van der Waals surface area contributed by atoms with Crippen molar-refractivity contribution in [1.82, 2.24) is 9.78 Å². The zero-order valence-corrected chi connectivity index (χ0v) is 12.6. The van der Waals surface area contributed by atoms with Gasteiger partial charge in [-0.2, -0.15) is 5.10 Å². The molecule has 0 spiro atoms. The second-order valence-corrected chi connectivity index (χ2v) is 5.82. The third-order valence-electron chi connectivity index (χ3n) is 2.39. The number of halogens is 1. The van der Waals surface area contributed by atoms with Crippen LogP contribution < -0.4 is 16.0 Å². The first-order valence-electron chi connectivity index (χ1n) is 5.82. The Kier molecular flexibility index (Phi) is 5.12. The molecule has 5 nitrogen and oxygen atoms in total. The van der Waals surface area contributed by atoms with Gasteiger partial charge in [0.2, 0.25) is 0 Å². The molecule has 2 aromatic heterocycles. The molecule has 0 aliphatic rings. The Morgan fingerprint density at radius 3 is 2.95 bits per heavy atom. The van der Waals surface area contributed by atoms with E-state index in [0.29, 0.717) is 25.4 Å². The third-order valence-corrected chi connectivity index (χ3v) is 4.07. The van der Waals surface area contributed by atoms with E-state index in [2.05, 4.69) is 21.0 Å². The molecule has 0 saturated heterocycles. The molecule has 0 saturated carbocycles. The Labute approximate surface area is 123 Å². The molecule has 0 aromatic carbocycles. The van der Waals surface area contributed by atoms with Gasteiger partial charge in [0.05, 0.1) is 19.3 Å². The lowest BCUT2D eigenvalue weighted by Crippen LogP contribution is -2.22. The molecular formula is C12H14BrN3O2S. The molecule has 7 heteroatoms. The van der Waals surface area contributed by atoms with Crippen molar-refractivity contribution in [2.24, 2.45) is 5.73 Å². The largest absolute Gasteiger partial charge is 0.492 e. The van der Waals surface area contributed by atoms with Crippen molar-refractivity contribution < 1.29 is 4.74 Å². The fraction of sp³-hybridized carbons (Fsp3) is 0.333. The van der Waals surface area contributed by atoms with Crippen LogP contribution in [0.15, 0.2) is 33.0 Å². The van der Waals surface area contributed by atoms with E-state index in [1.54, 1.807) is 17.5 Å². The van der Waals surface area contributed by atoms with Crippen LogP contribution in [0.5, 0.6) is 5.75 Å². The molecule has 0 radical (unpaired) electrons. The predicted octanol–water partition coefficient (Wildman–Crippen LogP) is 1.84. The maximum atomic E-state index is 11.9. The first-order valence-corrected chi connectivity index (χ1v) is 7.49. The quantitative estimate of drug-likeness (QED) is 0.812. The number of nitrogens with two attached hydrogens (primary N) is 1. The van der Waals surface area contributed by atoms with Crippen molar-refractivity contribution in [2.75, 3.05) is 13.2 Å². The highest BCUT2D eigenvalue weighted by Crippen LogP contribution is 2.20. The summed E-state index contributed by atoms with van der Waals surface area (Å²) in [6.45, 7) is 1.54. The van der Waals surface area contributed by atoms with E-state index in [1.165, 1.54) is 10.7 Å². The van der Waals surface area contributed by atoms with E-state index >= 15 is 0 Å². The number of hydrogen-bond donors (Lipinski definition) is 1. The number of rotatable bonds is 6. The molecule has 0 aliphatic carbocycles. The fourth-order valence-electron chi connectivity index (χ4n) is 1.47. The van der Waals surface area contributed by atoms with Crippen LogP contribution in [0.2, 0.25) is 0 Å². The van der Waals surface area contributed by atoms with E-state index in [1.807, 2.05) is 11.4 Å². The minimum Gasteiger partial charge on any atom is -0.492 e. The predicted molar refractivity (Wildman–Crippen MR) is 78.8 cm³/mol. The molecule has 19 heavy (non-hydrogen) atoms. The van der Waals surface area contributed by atoms with E-state index in [0.717, 1.165) is 15.8 Å². The minimum atomic E-state index is -0.172. The first kappa shape index (κ1) is 14.2. The summed E-state index contributed by atoms with van der Waals surface area (Å²) < 4.78 is 7.80. The molecule has 2 N–H and O–H groups in total. The molecule has 0 fully saturated rings. The van der Waals surface area contributed by atoms with Crippen LogP contribution in [0.25, 0.3) is 0 Å². The molecule has 0 aliphatic heterocycles. The van der Waals surface area contributed by atoms with E-state index in [9.17, 15) is 4.79 Å². The molecule has 2 aromatic rings. The summed E-state index contributed by atoms with van der Waals surface area (Å²) >= 11 is 4.97. The molecule has 0 atom stereocenters. The van der Waals surface area contributed by atoms with Gasteiger partial charge in [0.25, 0.3) is 5.56 Å². The lowest BCUT2D eigenvalue weighted by molar-refractivity contribution is 0.309. The lowest BCUT2D eigenvalue weighted by Gasteiger charge is -2.06. The average molecular weight is 344 g/mol. The van der Waals surface area contributed by atoms with E-state index in [-0.39, 0.29) is 5.56 Å². The van der Waals surface area contributed by atoms with Crippen molar-refractivity contribution in [1.29, 1.82) is 0 Å². The standard InChI is InChI=1S/C12H14BrN3O2S/c13-9-4-11(19-8-9)7-16-12(17)5-10(6-15-16)18-3-1-2-14/h4-6,8H,1-3,7,14H2. The molecule has 0 amide bonds. The summed E-state index contributed by atoms with van der Waals surface area (Å²) in [7, 11) is 0. The SMILES string of the molecule is NCCCOc1cnn(Cc2cc(Br)cs2)c(=O)c1. The number of nitrogens with zero attached hydrogens (tertiary/aromatic N) is 2. The Hall–Kier alpha value is -1.18. The molecule has 2 heterocycles. The summed E-state index contributed by atoms with van der Waals surface area (Å²) in [6, 6.07) is 3.43. The Morgan fingerprint density at radius 2 is 2.32 bits per heavy atom. The molecular weight excluding hydrogens is 330 g/mol. The molecule has 0 bridgehead atoms. The summed E-state index contributed by atoms with van der Waals surface area (Å²) in [5.41, 5.74) is 5.20. The molecule has 2 rings (SSSR count). The van der Waals surface area contributed by atoms with Gasteiger partial charge >= 0.3 is 0 Å². The van der Waals surface area contributed by atoms with E-state index in [4.69, 9.17) is 10.5 Å². The van der Waals surface area contributed by atoms with Crippen LogP contribution in [0, 0.1) is 0 Å². The van der Waals surface area contributed by atoms with Crippen molar-refractivity contribution in [3.05, 3.63) is 43.4 Å². The van der Waals surface area contributed by atoms with Gasteiger partial charge in [0.1, 0.15) is 5.75 Å². The monoisotopic (exact) mass is 343 g/mol. The topological polar surface area (TPSA) is 70.1 Å². The Morgan fingerprint density at radius 1 is 1.47 bits per heavy atom. The van der Waals surface area contributed by atoms with E-state index < -0.39 is 0 Å². The van der Waals surface area contributed by atoms with Gasteiger partial charge in [-0.05, 0) is 35.0 Å². The zero-order valence-electron chi connectivity index (χ0n) is 10.2. The summed E-state index contributed by atoms with van der Waals surface area (Å²) in [5, 5.41) is 6.08. The highest BCUT2D eigenvalue weighted by Gasteiger charge is 2.04. The van der Waals surface area contributed by atoms with Gasteiger partial charge in [-0.15, -0.1) is 11.3 Å². The van der Waals surface area contributed by atoms with Gasteiger partial charge in [-0.1, -0.05) is 0 Å². The van der Waals surface area contributed by atoms with Gasteiger partial charge in [-0.3, -0.25) is 4.79 Å². The second-order valence-electron chi connectivity index (χ2n) is 3.91. The van der Waals surface area contributed by atoms with Crippen molar-refractivity contribution >= 4 is 27.3 Å². The smallest absolute Gasteiger partial charge is 0.270 e. The highest BCUT2D eigenvalue weighted by atomic mass is 79.9. The molecule has 102 valence electrons. The first-order chi connectivity index (χ1) is 9.19. The van der Waals surface area contributed by atoms with Gasteiger partial charge < -0.3 is 10.5 Å². The van der Waals surface area contributed by atoms with Crippen LogP contribution in [0.4, 0.5) is 0 Å². The van der Waals surface area contributed by atoms with Crippen molar-refractivity contribution in [3.63, 3.8) is 0 Å². The second kappa shape index (κ2) is 6.83. The summed E-state index contributed by atoms with van der Waals surface area (Å²) in [4.78, 5) is 12.9. The summed E-state index contributed by atoms with van der Waals surface area (Å²) in [6.07, 6.45) is 2.31. The van der Waals surface area contributed by atoms with Crippen LogP contribution in [0.1, 0.15) is 11.3 Å². The zero-order chi connectivity index (χ0) is 13.7. The maximum absolute atomic E-state index is 11.9. The number of thiophene rings is 1. The van der Waals surface area contributed by atoms with Crippen LogP contribution in [-0.4, -0.2) is 22.9 Å². The average Bonchev–Trinajstić information content (AvgIpc) is 2.79. The number of aromatic nitrogens is 2. The highest BCUT2D eigenvalue weighted by molar-refractivity contribution is 9.10. The minimum absolute atomic E-state index is 0.172. The van der Waals surface area contributed by atoms with Crippen LogP contribution >= 0.6 is 27.3 Å². The van der Waals surface area contributed by atoms with Gasteiger partial charge in [0, 0.05) is 20.8 Å². The number of ether oxygens (including phenoxy) is 1. The Bertz CT molecular complexity index is 597. The molecule has 0 unspecified atom stereocenters. The maximum Gasteiger partial charge on any atom is 0.270 e. The lowest BCUT2D eigenvalue weighted by atomic mass is 10.4. The van der Waals surface area contributed by atoms with Crippen LogP contribution in [0.3, 0.4) is 0 Å². The van der Waals surface area contributed by atoms with Gasteiger partial charge in [-0.25, -0.2) is 4.68 Å². The van der Waals surface area contributed by atoms with Crippen molar-refractivity contribution in [2.45, 2.75) is 13.0 Å². The normalized spacial score (nSPS) is 10.6. The summed E-state index contributed by atoms with van der Waals surface area (Å²) in [5.74, 6) is 0.488. The fourth-order valence-corrected chi connectivity index (χ4v) is 2.90. The van der Waals surface area contributed by atoms with Crippen molar-refractivity contribution in [3.8, 4) is 5.75 Å².